The summed E-state index contributed by atoms with van der Waals surface area (Å²) in [5.74, 6) is 0.576. The third-order valence-corrected chi connectivity index (χ3v) is 8.36. The van der Waals surface area contributed by atoms with Gasteiger partial charge in [-0.25, -0.2) is 4.98 Å². The minimum atomic E-state index is -0.562. The van der Waals surface area contributed by atoms with Crippen molar-refractivity contribution in [3.05, 3.63) is 124 Å². The average Bonchev–Trinajstić information content (AvgIpc) is 3.43. The van der Waals surface area contributed by atoms with Crippen LogP contribution in [0.5, 0.6) is 11.5 Å². The summed E-state index contributed by atoms with van der Waals surface area (Å²) < 4.78 is 21.0. The molecule has 0 saturated carbocycles. The molecule has 0 N–H and O–H groups in total. The van der Waals surface area contributed by atoms with E-state index < -0.39 is 10.5 Å². The number of fused-ring (bicyclic) bond motifs is 2. The summed E-state index contributed by atoms with van der Waals surface area (Å²) in [4.78, 5) is 29.9. The summed E-state index contributed by atoms with van der Waals surface area (Å²) in [6.07, 6.45) is 1.32. The van der Waals surface area contributed by atoms with Crippen LogP contribution in [0.15, 0.2) is 107 Å². The zero-order valence-electron chi connectivity index (χ0n) is 22.7. The number of halogens is 3. The van der Waals surface area contributed by atoms with Gasteiger partial charge in [0, 0.05) is 36.0 Å². The molecule has 0 fully saturated rings. The van der Waals surface area contributed by atoms with Crippen LogP contribution in [-0.2, 0) is 6.61 Å². The predicted octanol–water partition coefficient (Wildman–Crippen LogP) is 8.48. The van der Waals surface area contributed by atoms with Crippen molar-refractivity contribution in [2.45, 2.75) is 6.61 Å². The number of nitrogens with zero attached hydrogens (tertiary/aromatic N) is 4. The Morgan fingerprint density at radius 3 is 2.57 bits per heavy atom. The molecule has 2 heterocycles. The summed E-state index contributed by atoms with van der Waals surface area (Å²) >= 11 is 10.3. The maximum Gasteiger partial charge on any atom is 0.315 e. The first-order chi connectivity index (χ1) is 21.2. The van der Waals surface area contributed by atoms with Crippen LogP contribution < -0.4 is 15.0 Å². The van der Waals surface area contributed by atoms with Crippen LogP contribution in [0.1, 0.15) is 11.1 Å². The maximum atomic E-state index is 13.6. The lowest BCUT2D eigenvalue weighted by atomic mass is 10.1. The van der Waals surface area contributed by atoms with Gasteiger partial charge < -0.3 is 13.9 Å². The van der Waals surface area contributed by atoms with E-state index in [1.54, 1.807) is 42.5 Å². The standard InChI is InChI=1S/C31H19Br3N4O6/c1-42-27-11-17(10-25(38(40)41)29(27)43-16-18-6-7-21(33)14-23(18)34)15-35-37-30(36-24-5-3-2-4-22(24)31(37)39)28-13-19-12-20(32)8-9-26(19)44-28/h2-15H,16H2,1H3. The minimum absolute atomic E-state index is 0.0388. The largest absolute Gasteiger partial charge is 0.493 e. The van der Waals surface area contributed by atoms with Crippen LogP contribution >= 0.6 is 47.8 Å². The Balaban J connectivity index is 1.43. The molecule has 6 rings (SSSR count). The molecule has 0 spiro atoms. The number of methoxy groups -OCH3 is 1. The lowest BCUT2D eigenvalue weighted by molar-refractivity contribution is -0.386. The fourth-order valence-corrected chi connectivity index (χ4v) is 6.08. The zero-order chi connectivity index (χ0) is 31.0. The molecule has 0 aliphatic heterocycles. The molecule has 0 amide bonds. The first kappa shape index (κ1) is 29.7. The summed E-state index contributed by atoms with van der Waals surface area (Å²) in [5, 5.41) is 17.7. The summed E-state index contributed by atoms with van der Waals surface area (Å²) in [5.41, 5.74) is 1.38. The van der Waals surface area contributed by atoms with Gasteiger partial charge in [0.2, 0.25) is 11.6 Å². The zero-order valence-corrected chi connectivity index (χ0v) is 27.4. The molecule has 0 atom stereocenters. The number of nitro benzene ring substituents is 1. The van der Waals surface area contributed by atoms with E-state index in [4.69, 9.17) is 13.9 Å². The fourth-order valence-electron chi connectivity index (χ4n) is 4.54. The van der Waals surface area contributed by atoms with Gasteiger partial charge in [0.1, 0.15) is 12.2 Å². The molecule has 6 aromatic rings. The highest BCUT2D eigenvalue weighted by molar-refractivity contribution is 9.11. The second kappa shape index (κ2) is 12.3. The van der Waals surface area contributed by atoms with Crippen molar-refractivity contribution in [1.82, 2.24) is 9.66 Å². The number of nitro groups is 1. The Labute approximate surface area is 274 Å². The van der Waals surface area contributed by atoms with Crippen molar-refractivity contribution in [2.24, 2.45) is 5.10 Å². The average molecular weight is 783 g/mol. The fraction of sp³-hybridized carbons (Fsp3) is 0.0645. The monoisotopic (exact) mass is 780 g/mol. The first-order valence-corrected chi connectivity index (χ1v) is 15.3. The molecule has 0 radical (unpaired) electrons. The number of furan rings is 1. The lowest BCUT2D eigenvalue weighted by Gasteiger charge is -2.13. The summed E-state index contributed by atoms with van der Waals surface area (Å²) in [7, 11) is 1.39. The molecule has 10 nitrogen and oxygen atoms in total. The highest BCUT2D eigenvalue weighted by atomic mass is 79.9. The third kappa shape index (κ3) is 5.90. The van der Waals surface area contributed by atoms with E-state index in [1.807, 2.05) is 30.3 Å². The van der Waals surface area contributed by atoms with Gasteiger partial charge in [-0.3, -0.25) is 14.9 Å². The van der Waals surface area contributed by atoms with Crippen molar-refractivity contribution in [1.29, 1.82) is 0 Å². The van der Waals surface area contributed by atoms with Gasteiger partial charge in [0.25, 0.3) is 5.56 Å². The van der Waals surface area contributed by atoms with Crippen LogP contribution in [0, 0.1) is 10.1 Å². The molecule has 2 aromatic heterocycles. The topological polar surface area (TPSA) is 122 Å². The molecule has 220 valence electrons. The second-order valence-electron chi connectivity index (χ2n) is 9.46. The van der Waals surface area contributed by atoms with Crippen molar-refractivity contribution in [3.8, 4) is 23.1 Å². The van der Waals surface area contributed by atoms with Gasteiger partial charge in [-0.05, 0) is 54.6 Å². The number of ether oxygens (including phenoxy) is 2. The number of rotatable bonds is 8. The van der Waals surface area contributed by atoms with Crippen molar-refractivity contribution in [3.63, 3.8) is 0 Å². The molecule has 13 heteroatoms. The van der Waals surface area contributed by atoms with Gasteiger partial charge in [0.05, 0.1) is 29.2 Å². The Hall–Kier alpha value is -4.33. The second-order valence-corrected chi connectivity index (χ2v) is 12.1. The Morgan fingerprint density at radius 1 is 1.02 bits per heavy atom. The van der Waals surface area contributed by atoms with Crippen molar-refractivity contribution >= 4 is 81.6 Å². The lowest BCUT2D eigenvalue weighted by Crippen LogP contribution is -2.20. The van der Waals surface area contributed by atoms with Crippen LogP contribution in [0.3, 0.4) is 0 Å². The van der Waals surface area contributed by atoms with Crippen molar-refractivity contribution in [2.75, 3.05) is 7.11 Å². The maximum absolute atomic E-state index is 13.6. The van der Waals surface area contributed by atoms with E-state index in [-0.39, 0.29) is 29.6 Å². The molecule has 0 unspecified atom stereocenters. The number of para-hydroxylation sites is 1. The number of hydrogen-bond donors (Lipinski definition) is 0. The number of aromatic nitrogens is 2. The molecule has 0 bridgehead atoms. The Morgan fingerprint density at radius 2 is 1.80 bits per heavy atom. The summed E-state index contributed by atoms with van der Waals surface area (Å²) in [6.45, 7) is 0.0497. The van der Waals surface area contributed by atoms with Gasteiger partial charge in [-0.15, -0.1) is 0 Å². The minimum Gasteiger partial charge on any atom is -0.493 e. The van der Waals surface area contributed by atoms with Crippen LogP contribution in [-0.4, -0.2) is 27.9 Å². The van der Waals surface area contributed by atoms with Gasteiger partial charge in [-0.2, -0.15) is 9.78 Å². The SMILES string of the molecule is COc1cc(C=Nn2c(-c3cc4cc(Br)ccc4o3)nc3ccccc3c2=O)cc([N+](=O)[O-])c1OCc1ccc(Br)cc1Br. The van der Waals surface area contributed by atoms with E-state index >= 15 is 0 Å². The quantitative estimate of drug-likeness (QED) is 0.0863. The molecule has 0 aliphatic carbocycles. The van der Waals surface area contributed by atoms with Crippen LogP contribution in [0.25, 0.3) is 33.5 Å². The smallest absolute Gasteiger partial charge is 0.315 e. The number of benzene rings is 4. The Bertz CT molecular complexity index is 2180. The third-order valence-electron chi connectivity index (χ3n) is 6.64. The predicted molar refractivity (Wildman–Crippen MR) is 178 cm³/mol. The van der Waals surface area contributed by atoms with E-state index in [2.05, 4.69) is 57.9 Å². The van der Waals surface area contributed by atoms with Crippen LogP contribution in [0.4, 0.5) is 5.69 Å². The highest BCUT2D eigenvalue weighted by Crippen LogP contribution is 2.39. The summed E-state index contributed by atoms with van der Waals surface area (Å²) in [6, 6.07) is 22.6. The molecule has 4 aromatic carbocycles. The Kier molecular flexibility index (Phi) is 8.34. The highest BCUT2D eigenvalue weighted by Gasteiger charge is 2.23. The number of hydrogen-bond acceptors (Lipinski definition) is 8. The molecule has 0 saturated heterocycles. The van der Waals surface area contributed by atoms with Gasteiger partial charge in [0.15, 0.2) is 11.5 Å². The van der Waals surface area contributed by atoms with Crippen LogP contribution in [0.2, 0.25) is 0 Å². The van der Waals surface area contributed by atoms with Crippen molar-refractivity contribution < 1.29 is 18.8 Å². The normalized spacial score (nSPS) is 11.5. The van der Waals surface area contributed by atoms with E-state index in [0.717, 1.165) is 29.0 Å². The van der Waals surface area contributed by atoms with E-state index in [1.165, 1.54) is 19.4 Å². The van der Waals surface area contributed by atoms with E-state index in [0.29, 0.717) is 27.8 Å². The molecule has 0 aliphatic rings. The molecule has 44 heavy (non-hydrogen) atoms. The molecular weight excluding hydrogens is 764 g/mol. The van der Waals surface area contributed by atoms with E-state index in [9.17, 15) is 14.9 Å². The van der Waals surface area contributed by atoms with Gasteiger partial charge in [-0.1, -0.05) is 66.0 Å². The van der Waals surface area contributed by atoms with Gasteiger partial charge >= 0.3 is 5.69 Å². The molecular formula is C31H19Br3N4O6. The first-order valence-electron chi connectivity index (χ1n) is 12.9.